The van der Waals surface area contributed by atoms with E-state index in [4.69, 9.17) is 0 Å². The van der Waals surface area contributed by atoms with Crippen molar-refractivity contribution in [2.24, 2.45) is 0 Å². The van der Waals surface area contributed by atoms with Crippen LogP contribution >= 0.6 is 0 Å². The van der Waals surface area contributed by atoms with Crippen molar-refractivity contribution in [2.45, 2.75) is 6.92 Å². The van der Waals surface area contributed by atoms with E-state index in [1.807, 2.05) is 37.3 Å². The maximum atomic E-state index is 12.2. The summed E-state index contributed by atoms with van der Waals surface area (Å²) in [4.78, 5) is 24.8. The van der Waals surface area contributed by atoms with E-state index in [1.165, 1.54) is 0 Å². The molecule has 1 aliphatic heterocycles. The van der Waals surface area contributed by atoms with Gasteiger partial charge < -0.3 is 9.80 Å². The first-order valence-corrected chi connectivity index (χ1v) is 7.37. The van der Waals surface area contributed by atoms with Gasteiger partial charge >= 0.3 is 6.03 Å². The third-order valence-electron chi connectivity index (χ3n) is 3.69. The second kappa shape index (κ2) is 6.43. The molecule has 1 aliphatic rings. The van der Waals surface area contributed by atoms with Crippen LogP contribution in [-0.4, -0.2) is 47.1 Å². The summed E-state index contributed by atoms with van der Waals surface area (Å²) in [6.45, 7) is 4.88. The van der Waals surface area contributed by atoms with Gasteiger partial charge in [0.1, 0.15) is 11.6 Å². The number of nitrogens with one attached hydrogen (secondary N) is 1. The predicted molar refractivity (Wildman–Crippen MR) is 86.0 cm³/mol. The topological polar surface area (TPSA) is 61.4 Å². The number of anilines is 2. The van der Waals surface area contributed by atoms with Crippen LogP contribution in [0, 0.1) is 6.92 Å². The molecule has 0 aromatic carbocycles. The summed E-state index contributed by atoms with van der Waals surface area (Å²) < 4.78 is 0. The standard InChI is InChI=1S/C16H19N5O/c1-13-5-6-14(18-12-13)19-16(22)21-10-8-20(9-11-21)15-4-2-3-7-17-15/h2-7,12H,8-11H2,1H3,(H,18,19,22). The molecule has 0 aliphatic carbocycles. The highest BCUT2D eigenvalue weighted by Gasteiger charge is 2.21. The Kier molecular flexibility index (Phi) is 4.18. The number of carbonyl (C=O) groups is 1. The van der Waals surface area contributed by atoms with Crippen LogP contribution in [-0.2, 0) is 0 Å². The van der Waals surface area contributed by atoms with Gasteiger partial charge in [0.2, 0.25) is 0 Å². The van der Waals surface area contributed by atoms with Crippen LogP contribution in [0.3, 0.4) is 0 Å². The fraction of sp³-hybridized carbons (Fsp3) is 0.312. The van der Waals surface area contributed by atoms with Crippen molar-refractivity contribution in [3.05, 3.63) is 48.3 Å². The number of hydrogen-bond donors (Lipinski definition) is 1. The normalized spacial score (nSPS) is 14.8. The summed E-state index contributed by atoms with van der Waals surface area (Å²) in [6, 6.07) is 9.52. The van der Waals surface area contributed by atoms with Crippen molar-refractivity contribution in [3.8, 4) is 0 Å². The smallest absolute Gasteiger partial charge is 0.323 e. The summed E-state index contributed by atoms with van der Waals surface area (Å²) in [7, 11) is 0. The lowest BCUT2D eigenvalue weighted by Crippen LogP contribution is -2.50. The first kappa shape index (κ1) is 14.3. The Morgan fingerprint density at radius 2 is 1.91 bits per heavy atom. The van der Waals surface area contributed by atoms with E-state index in [0.29, 0.717) is 18.9 Å². The zero-order valence-electron chi connectivity index (χ0n) is 12.6. The Balaban J connectivity index is 1.54. The maximum Gasteiger partial charge on any atom is 0.323 e. The molecule has 0 saturated carbocycles. The van der Waals surface area contributed by atoms with E-state index in [1.54, 1.807) is 17.3 Å². The number of nitrogens with zero attached hydrogens (tertiary/aromatic N) is 4. The van der Waals surface area contributed by atoms with Crippen molar-refractivity contribution in [2.75, 3.05) is 36.4 Å². The molecule has 0 radical (unpaired) electrons. The fourth-order valence-corrected chi connectivity index (χ4v) is 2.41. The van der Waals surface area contributed by atoms with Gasteiger partial charge in [0, 0.05) is 38.6 Å². The van der Waals surface area contributed by atoms with E-state index in [2.05, 4.69) is 20.2 Å². The van der Waals surface area contributed by atoms with Crippen molar-refractivity contribution < 1.29 is 4.79 Å². The summed E-state index contributed by atoms with van der Waals surface area (Å²) >= 11 is 0. The maximum absolute atomic E-state index is 12.2. The Hall–Kier alpha value is -2.63. The molecular weight excluding hydrogens is 278 g/mol. The van der Waals surface area contributed by atoms with Gasteiger partial charge in [0.05, 0.1) is 0 Å². The lowest BCUT2D eigenvalue weighted by atomic mass is 10.3. The van der Waals surface area contributed by atoms with Crippen LogP contribution in [0.4, 0.5) is 16.4 Å². The molecule has 0 bridgehead atoms. The van der Waals surface area contributed by atoms with Gasteiger partial charge in [-0.2, -0.15) is 0 Å². The molecule has 0 unspecified atom stereocenters. The number of amides is 2. The molecule has 3 heterocycles. The Morgan fingerprint density at radius 3 is 2.55 bits per heavy atom. The quantitative estimate of drug-likeness (QED) is 0.922. The summed E-state index contributed by atoms with van der Waals surface area (Å²) in [6.07, 6.45) is 3.53. The van der Waals surface area contributed by atoms with E-state index >= 15 is 0 Å². The van der Waals surface area contributed by atoms with Crippen molar-refractivity contribution >= 4 is 17.7 Å². The number of aromatic nitrogens is 2. The summed E-state index contributed by atoms with van der Waals surface area (Å²) in [5.74, 6) is 1.55. The largest absolute Gasteiger partial charge is 0.353 e. The molecule has 6 nitrogen and oxygen atoms in total. The van der Waals surface area contributed by atoms with Crippen molar-refractivity contribution in [1.29, 1.82) is 0 Å². The predicted octanol–water partition coefficient (Wildman–Crippen LogP) is 2.14. The molecule has 1 fully saturated rings. The lowest BCUT2D eigenvalue weighted by Gasteiger charge is -2.35. The minimum Gasteiger partial charge on any atom is -0.353 e. The molecule has 0 atom stereocenters. The van der Waals surface area contributed by atoms with Crippen LogP contribution < -0.4 is 10.2 Å². The van der Waals surface area contributed by atoms with Crippen LogP contribution in [0.15, 0.2) is 42.7 Å². The zero-order valence-corrected chi connectivity index (χ0v) is 12.6. The number of rotatable bonds is 2. The first-order valence-electron chi connectivity index (χ1n) is 7.37. The Morgan fingerprint density at radius 1 is 1.09 bits per heavy atom. The SMILES string of the molecule is Cc1ccc(NC(=O)N2CCN(c3ccccn3)CC2)nc1. The molecule has 2 aromatic rings. The first-order chi connectivity index (χ1) is 10.7. The van der Waals surface area contributed by atoms with E-state index in [9.17, 15) is 4.79 Å². The monoisotopic (exact) mass is 297 g/mol. The molecule has 22 heavy (non-hydrogen) atoms. The molecule has 114 valence electrons. The van der Waals surface area contributed by atoms with Crippen LogP contribution in [0.2, 0.25) is 0 Å². The molecule has 0 spiro atoms. The van der Waals surface area contributed by atoms with Crippen molar-refractivity contribution in [1.82, 2.24) is 14.9 Å². The van der Waals surface area contributed by atoms with Gasteiger partial charge in [-0.05, 0) is 30.7 Å². The highest BCUT2D eigenvalue weighted by atomic mass is 16.2. The average molecular weight is 297 g/mol. The van der Waals surface area contributed by atoms with Gasteiger partial charge in [-0.25, -0.2) is 14.8 Å². The van der Waals surface area contributed by atoms with Gasteiger partial charge in [0.15, 0.2) is 0 Å². The molecular formula is C16H19N5O. The van der Waals surface area contributed by atoms with Crippen molar-refractivity contribution in [3.63, 3.8) is 0 Å². The van der Waals surface area contributed by atoms with Gasteiger partial charge in [-0.3, -0.25) is 5.32 Å². The minimum absolute atomic E-state index is 0.1000. The molecule has 2 amide bonds. The molecule has 1 saturated heterocycles. The van der Waals surface area contributed by atoms with Gasteiger partial charge in [0.25, 0.3) is 0 Å². The second-order valence-electron chi connectivity index (χ2n) is 5.31. The number of pyridine rings is 2. The number of hydrogen-bond acceptors (Lipinski definition) is 4. The second-order valence-corrected chi connectivity index (χ2v) is 5.31. The molecule has 1 N–H and O–H groups in total. The molecule has 2 aromatic heterocycles. The van der Waals surface area contributed by atoms with Crippen LogP contribution in [0.5, 0.6) is 0 Å². The highest BCUT2D eigenvalue weighted by molar-refractivity contribution is 5.88. The number of urea groups is 1. The van der Waals surface area contributed by atoms with E-state index in [-0.39, 0.29) is 6.03 Å². The van der Waals surface area contributed by atoms with E-state index < -0.39 is 0 Å². The lowest BCUT2D eigenvalue weighted by molar-refractivity contribution is 0.208. The Labute approximate surface area is 129 Å². The van der Waals surface area contributed by atoms with Gasteiger partial charge in [-0.15, -0.1) is 0 Å². The minimum atomic E-state index is -0.1000. The fourth-order valence-electron chi connectivity index (χ4n) is 2.41. The zero-order chi connectivity index (χ0) is 15.4. The highest BCUT2D eigenvalue weighted by Crippen LogP contribution is 2.13. The van der Waals surface area contributed by atoms with Crippen LogP contribution in [0.25, 0.3) is 0 Å². The summed E-state index contributed by atoms with van der Waals surface area (Å²) in [5.41, 5.74) is 1.07. The van der Waals surface area contributed by atoms with Gasteiger partial charge in [-0.1, -0.05) is 12.1 Å². The average Bonchev–Trinajstić information content (AvgIpc) is 2.58. The third-order valence-corrected chi connectivity index (χ3v) is 3.69. The molecule has 6 heteroatoms. The van der Waals surface area contributed by atoms with Crippen LogP contribution in [0.1, 0.15) is 5.56 Å². The number of aryl methyl sites for hydroxylation is 1. The molecule has 3 rings (SSSR count). The number of piperazine rings is 1. The Bertz CT molecular complexity index is 621. The third kappa shape index (κ3) is 3.33. The summed E-state index contributed by atoms with van der Waals surface area (Å²) in [5, 5.41) is 2.84. The van der Waals surface area contributed by atoms with E-state index in [0.717, 1.165) is 24.5 Å². The number of carbonyl (C=O) groups excluding carboxylic acids is 1.